The average Bonchev–Trinajstić information content (AvgIpc) is 2.64. The number of aryl methyl sites for hydroxylation is 2. The van der Waals surface area contributed by atoms with Gasteiger partial charge in [0.15, 0.2) is 0 Å². The Morgan fingerprint density at radius 3 is 3.13 bits per heavy atom. The Hall–Kier alpha value is -1.09. The smallest absolute Gasteiger partial charge is 0.213 e. The van der Waals surface area contributed by atoms with E-state index in [0.29, 0.717) is 18.9 Å². The molecule has 0 aromatic carbocycles. The lowest BCUT2D eigenvalue weighted by atomic mass is 10.2. The van der Waals surface area contributed by atoms with Crippen molar-refractivity contribution in [3.63, 3.8) is 0 Å². The SMILES string of the molecule is CC(O)CCOc1ccc2c(n1)CCC2. The third kappa shape index (κ3) is 2.69. The first-order valence-electron chi connectivity index (χ1n) is 5.55. The molecule has 0 aliphatic heterocycles. The van der Waals surface area contributed by atoms with E-state index in [-0.39, 0.29) is 6.10 Å². The monoisotopic (exact) mass is 207 g/mol. The third-order valence-electron chi connectivity index (χ3n) is 2.69. The summed E-state index contributed by atoms with van der Waals surface area (Å²) in [6.45, 7) is 2.29. The maximum Gasteiger partial charge on any atom is 0.213 e. The lowest BCUT2D eigenvalue weighted by molar-refractivity contribution is 0.154. The zero-order valence-electron chi connectivity index (χ0n) is 9.07. The Kier molecular flexibility index (Phi) is 3.21. The van der Waals surface area contributed by atoms with Crippen molar-refractivity contribution >= 4 is 0 Å². The van der Waals surface area contributed by atoms with Crippen molar-refractivity contribution in [2.24, 2.45) is 0 Å². The molecule has 1 aliphatic rings. The Labute approximate surface area is 90.1 Å². The van der Waals surface area contributed by atoms with Gasteiger partial charge in [-0.2, -0.15) is 0 Å². The second-order valence-electron chi connectivity index (χ2n) is 4.10. The van der Waals surface area contributed by atoms with E-state index < -0.39 is 0 Å². The van der Waals surface area contributed by atoms with Crippen LogP contribution < -0.4 is 4.74 Å². The number of hydrogen-bond donors (Lipinski definition) is 1. The predicted molar refractivity (Wildman–Crippen MR) is 58.1 cm³/mol. The van der Waals surface area contributed by atoms with Crippen LogP contribution in [0.4, 0.5) is 0 Å². The van der Waals surface area contributed by atoms with Crippen LogP contribution in [-0.2, 0) is 12.8 Å². The summed E-state index contributed by atoms with van der Waals surface area (Å²) in [4.78, 5) is 4.45. The van der Waals surface area contributed by atoms with Gasteiger partial charge in [-0.15, -0.1) is 0 Å². The first kappa shape index (κ1) is 10.4. The van der Waals surface area contributed by atoms with Crippen LogP contribution >= 0.6 is 0 Å². The summed E-state index contributed by atoms with van der Waals surface area (Å²) in [7, 11) is 0. The van der Waals surface area contributed by atoms with Crippen molar-refractivity contribution in [3.05, 3.63) is 23.4 Å². The highest BCUT2D eigenvalue weighted by Gasteiger charge is 2.12. The molecule has 2 rings (SSSR count). The molecule has 0 saturated carbocycles. The molecule has 1 heterocycles. The van der Waals surface area contributed by atoms with Crippen LogP contribution in [0.5, 0.6) is 5.88 Å². The van der Waals surface area contributed by atoms with Gasteiger partial charge < -0.3 is 9.84 Å². The normalized spacial score (nSPS) is 16.1. The minimum absolute atomic E-state index is 0.306. The molecular formula is C12H17NO2. The van der Waals surface area contributed by atoms with Crippen molar-refractivity contribution in [1.82, 2.24) is 4.98 Å². The van der Waals surface area contributed by atoms with Gasteiger partial charge in [-0.3, -0.25) is 0 Å². The topological polar surface area (TPSA) is 42.4 Å². The molecule has 1 atom stereocenters. The number of pyridine rings is 1. The van der Waals surface area contributed by atoms with Gasteiger partial charge in [0.05, 0.1) is 12.7 Å². The largest absolute Gasteiger partial charge is 0.478 e. The van der Waals surface area contributed by atoms with E-state index >= 15 is 0 Å². The molecule has 1 N–H and O–H groups in total. The van der Waals surface area contributed by atoms with Gasteiger partial charge in [-0.05, 0) is 31.7 Å². The van der Waals surface area contributed by atoms with Gasteiger partial charge in [-0.25, -0.2) is 4.98 Å². The summed E-state index contributed by atoms with van der Waals surface area (Å²) in [6.07, 6.45) is 3.77. The number of aliphatic hydroxyl groups excluding tert-OH is 1. The number of hydrogen-bond acceptors (Lipinski definition) is 3. The molecule has 0 amide bonds. The van der Waals surface area contributed by atoms with Crippen molar-refractivity contribution in [3.8, 4) is 5.88 Å². The summed E-state index contributed by atoms with van der Waals surface area (Å²) in [5.41, 5.74) is 2.54. The van der Waals surface area contributed by atoms with Gasteiger partial charge >= 0.3 is 0 Å². The standard InChI is InChI=1S/C12H17NO2/c1-9(14)7-8-15-12-6-5-10-3-2-4-11(10)13-12/h5-6,9,14H,2-4,7-8H2,1H3. The summed E-state index contributed by atoms with van der Waals surface area (Å²) in [5, 5.41) is 9.08. The molecule has 0 spiro atoms. The quantitative estimate of drug-likeness (QED) is 0.817. The predicted octanol–water partition coefficient (Wildman–Crippen LogP) is 1.72. The van der Waals surface area contributed by atoms with Crippen LogP contribution in [0.1, 0.15) is 31.0 Å². The van der Waals surface area contributed by atoms with E-state index in [2.05, 4.69) is 11.1 Å². The fourth-order valence-corrected chi connectivity index (χ4v) is 1.81. The molecule has 3 heteroatoms. The summed E-state index contributed by atoms with van der Waals surface area (Å²) < 4.78 is 5.47. The first-order chi connectivity index (χ1) is 7.25. The second-order valence-corrected chi connectivity index (χ2v) is 4.10. The second kappa shape index (κ2) is 4.62. The number of aromatic nitrogens is 1. The van der Waals surface area contributed by atoms with Crippen LogP contribution in [0.2, 0.25) is 0 Å². The van der Waals surface area contributed by atoms with Gasteiger partial charge in [0, 0.05) is 18.2 Å². The number of fused-ring (bicyclic) bond motifs is 1. The molecule has 15 heavy (non-hydrogen) atoms. The van der Waals surface area contributed by atoms with E-state index in [1.807, 2.05) is 6.07 Å². The minimum Gasteiger partial charge on any atom is -0.478 e. The number of ether oxygens (including phenoxy) is 1. The molecule has 1 aromatic rings. The van der Waals surface area contributed by atoms with E-state index in [1.54, 1.807) is 6.92 Å². The van der Waals surface area contributed by atoms with Crippen LogP contribution in [0, 0.1) is 0 Å². The fraction of sp³-hybridized carbons (Fsp3) is 0.583. The van der Waals surface area contributed by atoms with Gasteiger partial charge in [0.1, 0.15) is 0 Å². The Bertz CT molecular complexity index is 336. The van der Waals surface area contributed by atoms with Crippen molar-refractivity contribution in [2.75, 3.05) is 6.61 Å². The molecule has 82 valence electrons. The highest BCUT2D eigenvalue weighted by molar-refractivity contribution is 5.29. The molecule has 0 bridgehead atoms. The fourth-order valence-electron chi connectivity index (χ4n) is 1.81. The van der Waals surface area contributed by atoms with Gasteiger partial charge in [-0.1, -0.05) is 6.07 Å². The minimum atomic E-state index is -0.306. The first-order valence-corrected chi connectivity index (χ1v) is 5.55. The van der Waals surface area contributed by atoms with Crippen LogP contribution in [-0.4, -0.2) is 22.8 Å². The van der Waals surface area contributed by atoms with Crippen LogP contribution in [0.3, 0.4) is 0 Å². The van der Waals surface area contributed by atoms with Crippen LogP contribution in [0.15, 0.2) is 12.1 Å². The Morgan fingerprint density at radius 1 is 1.47 bits per heavy atom. The van der Waals surface area contributed by atoms with E-state index in [1.165, 1.54) is 17.7 Å². The van der Waals surface area contributed by atoms with Gasteiger partial charge in [0.25, 0.3) is 0 Å². The molecule has 3 nitrogen and oxygen atoms in total. The number of nitrogens with zero attached hydrogens (tertiary/aromatic N) is 1. The van der Waals surface area contributed by atoms with Crippen molar-refractivity contribution in [2.45, 2.75) is 38.7 Å². The van der Waals surface area contributed by atoms with E-state index in [0.717, 1.165) is 12.8 Å². The zero-order chi connectivity index (χ0) is 10.7. The maximum atomic E-state index is 9.08. The highest BCUT2D eigenvalue weighted by atomic mass is 16.5. The summed E-state index contributed by atoms with van der Waals surface area (Å²) in [6, 6.07) is 4.03. The highest BCUT2D eigenvalue weighted by Crippen LogP contribution is 2.22. The lowest BCUT2D eigenvalue weighted by Gasteiger charge is -2.07. The van der Waals surface area contributed by atoms with Gasteiger partial charge in [0.2, 0.25) is 5.88 Å². The summed E-state index contributed by atoms with van der Waals surface area (Å²) in [5.74, 6) is 0.691. The average molecular weight is 207 g/mol. The molecule has 1 aliphatic carbocycles. The molecular weight excluding hydrogens is 190 g/mol. The zero-order valence-corrected chi connectivity index (χ0v) is 9.07. The number of aliphatic hydroxyl groups is 1. The lowest BCUT2D eigenvalue weighted by Crippen LogP contribution is -2.08. The Balaban J connectivity index is 1.92. The number of rotatable bonds is 4. The molecule has 1 unspecified atom stereocenters. The maximum absolute atomic E-state index is 9.08. The molecule has 0 radical (unpaired) electrons. The molecule has 1 aromatic heterocycles. The van der Waals surface area contributed by atoms with Crippen LogP contribution in [0.25, 0.3) is 0 Å². The molecule has 0 saturated heterocycles. The summed E-state index contributed by atoms with van der Waals surface area (Å²) >= 11 is 0. The third-order valence-corrected chi connectivity index (χ3v) is 2.69. The Morgan fingerprint density at radius 2 is 2.33 bits per heavy atom. The van der Waals surface area contributed by atoms with Crippen molar-refractivity contribution in [1.29, 1.82) is 0 Å². The van der Waals surface area contributed by atoms with E-state index in [9.17, 15) is 0 Å². The van der Waals surface area contributed by atoms with E-state index in [4.69, 9.17) is 9.84 Å². The molecule has 0 fully saturated rings. The van der Waals surface area contributed by atoms with Crippen molar-refractivity contribution < 1.29 is 9.84 Å².